The van der Waals surface area contributed by atoms with Crippen LogP contribution in [0.25, 0.3) is 0 Å². The maximum Gasteiger partial charge on any atom is 0.137 e. The van der Waals surface area contributed by atoms with Gasteiger partial charge < -0.3 is 0 Å². The molecule has 0 aromatic rings. The number of allylic oxidation sites excluding steroid dienone is 3. The van der Waals surface area contributed by atoms with Crippen LogP contribution in [-0.2, 0) is 4.79 Å². The van der Waals surface area contributed by atoms with Gasteiger partial charge >= 0.3 is 0 Å². The summed E-state index contributed by atoms with van der Waals surface area (Å²) in [5.74, 6) is 3.47. The average Bonchev–Trinajstić information content (AvgIpc) is 2.80. The van der Waals surface area contributed by atoms with Crippen molar-refractivity contribution in [2.75, 3.05) is 0 Å². The number of ketones is 1. The molecule has 2 saturated carbocycles. The molecule has 0 amide bonds. The Morgan fingerprint density at radius 1 is 1.43 bits per heavy atom. The Morgan fingerprint density at radius 2 is 2.21 bits per heavy atom. The Bertz CT molecular complexity index is 315. The van der Waals surface area contributed by atoms with E-state index in [0.717, 1.165) is 12.8 Å². The molecule has 3 aliphatic rings. The Balaban J connectivity index is 1.91. The van der Waals surface area contributed by atoms with Crippen LogP contribution in [-0.4, -0.2) is 5.78 Å². The first kappa shape index (κ1) is 8.46. The molecule has 0 aromatic carbocycles. The minimum absolute atomic E-state index is 0.384. The Kier molecular flexibility index (Phi) is 1.70. The summed E-state index contributed by atoms with van der Waals surface area (Å²) in [5, 5.41) is 0. The fraction of sp³-hybridized carbons (Fsp3) is 0.615. The molecular formula is C13H16O. The van der Waals surface area contributed by atoms with Crippen molar-refractivity contribution in [2.45, 2.75) is 19.3 Å². The van der Waals surface area contributed by atoms with Crippen LogP contribution in [0.15, 0.2) is 24.8 Å². The summed E-state index contributed by atoms with van der Waals surface area (Å²) < 4.78 is 0. The minimum Gasteiger partial charge on any atom is -0.299 e. The van der Waals surface area contributed by atoms with Crippen molar-refractivity contribution in [3.63, 3.8) is 0 Å². The van der Waals surface area contributed by atoms with Crippen LogP contribution in [0.1, 0.15) is 19.3 Å². The molecule has 14 heavy (non-hydrogen) atoms. The van der Waals surface area contributed by atoms with E-state index in [2.05, 4.69) is 18.7 Å². The predicted octanol–water partition coefficient (Wildman–Crippen LogP) is 2.59. The highest BCUT2D eigenvalue weighted by Crippen LogP contribution is 2.56. The molecular weight excluding hydrogens is 172 g/mol. The van der Waals surface area contributed by atoms with E-state index in [-0.39, 0.29) is 0 Å². The summed E-state index contributed by atoms with van der Waals surface area (Å²) in [6, 6.07) is 0. The Labute approximate surface area is 84.9 Å². The standard InChI is InChI=1S/C13H16O/c1-2-3-8-7-11(14)13-10-5-4-9(6-10)12(8)13/h2,4-5,8-10,12-13H,1,3,6-7H2/t8-,9?,10?,12-,13-/m1/s1. The molecule has 1 nitrogen and oxygen atoms in total. The monoisotopic (exact) mass is 188 g/mol. The third-order valence-electron chi connectivity index (χ3n) is 4.37. The average molecular weight is 188 g/mol. The highest BCUT2D eigenvalue weighted by Gasteiger charge is 2.54. The zero-order valence-corrected chi connectivity index (χ0v) is 8.36. The van der Waals surface area contributed by atoms with E-state index in [1.54, 1.807) is 0 Å². The van der Waals surface area contributed by atoms with Crippen LogP contribution in [0.2, 0.25) is 0 Å². The van der Waals surface area contributed by atoms with Gasteiger partial charge in [-0.3, -0.25) is 4.79 Å². The van der Waals surface area contributed by atoms with Gasteiger partial charge in [-0.15, -0.1) is 6.58 Å². The number of carbonyl (C=O) groups excluding carboxylic acids is 1. The second kappa shape index (κ2) is 2.82. The van der Waals surface area contributed by atoms with Crippen molar-refractivity contribution >= 4 is 5.78 Å². The molecule has 5 atom stereocenters. The molecule has 2 fully saturated rings. The quantitative estimate of drug-likeness (QED) is 0.609. The van der Waals surface area contributed by atoms with Crippen molar-refractivity contribution < 1.29 is 4.79 Å². The van der Waals surface area contributed by atoms with Crippen LogP contribution in [0.3, 0.4) is 0 Å². The molecule has 3 aliphatic carbocycles. The smallest absolute Gasteiger partial charge is 0.137 e. The lowest BCUT2D eigenvalue weighted by Gasteiger charge is -2.23. The zero-order valence-electron chi connectivity index (χ0n) is 8.36. The van der Waals surface area contributed by atoms with Crippen LogP contribution in [0, 0.1) is 29.6 Å². The summed E-state index contributed by atoms with van der Waals surface area (Å²) in [6.45, 7) is 3.80. The SMILES string of the molecule is C=CC[C@@H]1CC(=O)[C@H]2C3C=CC(C3)[C@@H]12. The van der Waals surface area contributed by atoms with E-state index in [4.69, 9.17) is 0 Å². The summed E-state index contributed by atoms with van der Waals surface area (Å²) >= 11 is 0. The minimum atomic E-state index is 0.384. The van der Waals surface area contributed by atoms with Crippen molar-refractivity contribution in [3.8, 4) is 0 Å². The first-order valence-corrected chi connectivity index (χ1v) is 5.63. The Morgan fingerprint density at radius 3 is 3.00 bits per heavy atom. The maximum atomic E-state index is 11.9. The number of carbonyl (C=O) groups is 1. The van der Waals surface area contributed by atoms with Gasteiger partial charge in [-0.25, -0.2) is 0 Å². The van der Waals surface area contributed by atoms with Gasteiger partial charge in [0.15, 0.2) is 0 Å². The molecule has 74 valence electrons. The summed E-state index contributed by atoms with van der Waals surface area (Å²) in [7, 11) is 0. The van der Waals surface area contributed by atoms with Crippen LogP contribution < -0.4 is 0 Å². The van der Waals surface area contributed by atoms with Gasteiger partial charge in [0.25, 0.3) is 0 Å². The van der Waals surface area contributed by atoms with E-state index in [0.29, 0.717) is 35.4 Å². The van der Waals surface area contributed by atoms with E-state index in [9.17, 15) is 4.79 Å². The number of fused-ring (bicyclic) bond motifs is 5. The maximum absolute atomic E-state index is 11.9. The van der Waals surface area contributed by atoms with Gasteiger partial charge in [0.05, 0.1) is 0 Å². The molecule has 2 unspecified atom stereocenters. The van der Waals surface area contributed by atoms with Gasteiger partial charge in [0, 0.05) is 12.3 Å². The van der Waals surface area contributed by atoms with Gasteiger partial charge in [-0.2, -0.15) is 0 Å². The lowest BCUT2D eigenvalue weighted by atomic mass is 9.80. The Hall–Kier alpha value is -0.850. The molecule has 1 heteroatoms. The van der Waals surface area contributed by atoms with Gasteiger partial charge in [-0.1, -0.05) is 18.2 Å². The summed E-state index contributed by atoms with van der Waals surface area (Å²) in [5.41, 5.74) is 0. The highest BCUT2D eigenvalue weighted by atomic mass is 16.1. The molecule has 3 rings (SSSR count). The molecule has 0 N–H and O–H groups in total. The second-order valence-corrected chi connectivity index (χ2v) is 5.01. The normalized spacial score (nSPS) is 48.6. The lowest BCUT2D eigenvalue weighted by molar-refractivity contribution is -0.121. The third-order valence-corrected chi connectivity index (χ3v) is 4.37. The largest absolute Gasteiger partial charge is 0.299 e. The second-order valence-electron chi connectivity index (χ2n) is 5.01. The molecule has 0 saturated heterocycles. The van der Waals surface area contributed by atoms with Crippen LogP contribution >= 0.6 is 0 Å². The number of hydrogen-bond donors (Lipinski definition) is 0. The van der Waals surface area contributed by atoms with E-state index in [1.165, 1.54) is 6.42 Å². The third kappa shape index (κ3) is 0.930. The van der Waals surface area contributed by atoms with Crippen molar-refractivity contribution in [2.24, 2.45) is 29.6 Å². The van der Waals surface area contributed by atoms with Crippen LogP contribution in [0.4, 0.5) is 0 Å². The fourth-order valence-corrected chi connectivity index (χ4v) is 3.94. The number of rotatable bonds is 2. The van der Waals surface area contributed by atoms with Crippen LogP contribution in [0.5, 0.6) is 0 Å². The summed E-state index contributed by atoms with van der Waals surface area (Å²) in [4.78, 5) is 11.9. The molecule has 2 bridgehead atoms. The van der Waals surface area contributed by atoms with Crippen molar-refractivity contribution in [3.05, 3.63) is 24.8 Å². The fourth-order valence-electron chi connectivity index (χ4n) is 3.94. The zero-order chi connectivity index (χ0) is 9.71. The number of Topliss-reactive ketones (excluding diaryl/α,β-unsaturated/α-hetero) is 1. The lowest BCUT2D eigenvalue weighted by Crippen LogP contribution is -2.21. The van der Waals surface area contributed by atoms with Gasteiger partial charge in [-0.05, 0) is 36.5 Å². The van der Waals surface area contributed by atoms with Gasteiger partial charge in [0.1, 0.15) is 5.78 Å². The molecule has 0 heterocycles. The predicted molar refractivity (Wildman–Crippen MR) is 55.6 cm³/mol. The van der Waals surface area contributed by atoms with E-state index >= 15 is 0 Å². The highest BCUT2D eigenvalue weighted by molar-refractivity contribution is 5.85. The van der Waals surface area contributed by atoms with Crippen molar-refractivity contribution in [1.29, 1.82) is 0 Å². The van der Waals surface area contributed by atoms with Crippen molar-refractivity contribution in [1.82, 2.24) is 0 Å². The number of hydrogen-bond acceptors (Lipinski definition) is 1. The molecule has 0 radical (unpaired) electrons. The topological polar surface area (TPSA) is 17.1 Å². The molecule has 0 aliphatic heterocycles. The van der Waals surface area contributed by atoms with E-state index in [1.807, 2.05) is 6.08 Å². The first-order valence-electron chi connectivity index (χ1n) is 5.63. The summed E-state index contributed by atoms with van der Waals surface area (Å²) in [6.07, 6.45) is 9.70. The van der Waals surface area contributed by atoms with Gasteiger partial charge in [0.2, 0.25) is 0 Å². The van der Waals surface area contributed by atoms with E-state index < -0.39 is 0 Å². The molecule has 0 spiro atoms. The first-order chi connectivity index (χ1) is 6.81. The molecule has 0 aromatic heterocycles.